The van der Waals surface area contributed by atoms with Crippen LogP contribution in [0.3, 0.4) is 0 Å². The van der Waals surface area contributed by atoms with Crippen molar-refractivity contribution < 1.29 is 4.74 Å². The zero-order valence-corrected chi connectivity index (χ0v) is 9.86. The largest absolute Gasteiger partial charge is 0.383 e. The van der Waals surface area contributed by atoms with Crippen LogP contribution in [0.4, 0.5) is 0 Å². The van der Waals surface area contributed by atoms with Gasteiger partial charge in [0.25, 0.3) is 0 Å². The van der Waals surface area contributed by atoms with E-state index in [1.54, 1.807) is 7.11 Å². The third-order valence-corrected chi connectivity index (χ3v) is 2.15. The van der Waals surface area contributed by atoms with Crippen molar-refractivity contribution in [2.75, 3.05) is 20.3 Å². The van der Waals surface area contributed by atoms with Crippen LogP contribution in [0.15, 0.2) is 12.5 Å². The van der Waals surface area contributed by atoms with Crippen LogP contribution < -0.4 is 5.32 Å². The summed E-state index contributed by atoms with van der Waals surface area (Å²) in [5.41, 5.74) is 1.24. The number of hydrogen-bond acceptors (Lipinski definition) is 3. The second-order valence-electron chi connectivity index (χ2n) is 4.10. The Morgan fingerprint density at radius 3 is 3.00 bits per heavy atom. The number of imidazole rings is 1. The molecule has 1 aromatic heterocycles. The monoisotopic (exact) mass is 211 g/mol. The molecular formula is C11H21N3O. The fraction of sp³-hybridized carbons (Fsp3) is 0.727. The van der Waals surface area contributed by atoms with E-state index in [9.17, 15) is 0 Å². The minimum atomic E-state index is 0.650. The molecule has 0 aromatic carbocycles. The van der Waals surface area contributed by atoms with Gasteiger partial charge < -0.3 is 14.6 Å². The first-order valence-electron chi connectivity index (χ1n) is 5.42. The van der Waals surface area contributed by atoms with E-state index >= 15 is 0 Å². The van der Waals surface area contributed by atoms with Gasteiger partial charge in [0.2, 0.25) is 0 Å². The van der Waals surface area contributed by atoms with Gasteiger partial charge in [0.1, 0.15) is 0 Å². The molecule has 0 fully saturated rings. The predicted molar refractivity (Wildman–Crippen MR) is 60.6 cm³/mol. The average Bonchev–Trinajstić information content (AvgIpc) is 2.59. The SMILES string of the molecule is COCCNCc1cncn1CC(C)C. The molecular weight excluding hydrogens is 190 g/mol. The van der Waals surface area contributed by atoms with Gasteiger partial charge >= 0.3 is 0 Å². The highest BCUT2D eigenvalue weighted by molar-refractivity contribution is 4.97. The van der Waals surface area contributed by atoms with E-state index in [2.05, 4.69) is 28.7 Å². The van der Waals surface area contributed by atoms with Gasteiger partial charge in [0, 0.05) is 32.9 Å². The molecule has 4 nitrogen and oxygen atoms in total. The van der Waals surface area contributed by atoms with Crippen molar-refractivity contribution in [3.63, 3.8) is 0 Å². The maximum atomic E-state index is 4.97. The molecule has 15 heavy (non-hydrogen) atoms. The molecule has 0 amide bonds. The molecule has 0 atom stereocenters. The lowest BCUT2D eigenvalue weighted by atomic mass is 10.2. The minimum absolute atomic E-state index is 0.650. The third kappa shape index (κ3) is 4.44. The van der Waals surface area contributed by atoms with Crippen molar-refractivity contribution >= 4 is 0 Å². The molecule has 1 heterocycles. The highest BCUT2D eigenvalue weighted by Gasteiger charge is 2.02. The molecule has 4 heteroatoms. The van der Waals surface area contributed by atoms with Crippen LogP contribution in [-0.2, 0) is 17.8 Å². The normalized spacial score (nSPS) is 11.2. The minimum Gasteiger partial charge on any atom is -0.383 e. The third-order valence-electron chi connectivity index (χ3n) is 2.15. The van der Waals surface area contributed by atoms with E-state index in [1.165, 1.54) is 5.69 Å². The molecule has 0 aliphatic rings. The Morgan fingerprint density at radius 1 is 1.53 bits per heavy atom. The molecule has 1 N–H and O–H groups in total. The topological polar surface area (TPSA) is 39.1 Å². The Bertz CT molecular complexity index is 271. The highest BCUT2D eigenvalue weighted by atomic mass is 16.5. The van der Waals surface area contributed by atoms with E-state index in [4.69, 9.17) is 4.74 Å². The number of aromatic nitrogens is 2. The molecule has 1 aromatic rings. The quantitative estimate of drug-likeness (QED) is 0.690. The standard InChI is InChI=1S/C11H21N3O/c1-10(2)8-14-9-13-7-11(14)6-12-4-5-15-3/h7,9-10,12H,4-6,8H2,1-3H3. The molecule has 0 unspecified atom stereocenters. The van der Waals surface area contributed by atoms with Gasteiger partial charge in [0.05, 0.1) is 18.6 Å². The molecule has 0 saturated carbocycles. The summed E-state index contributed by atoms with van der Waals surface area (Å²) in [6.07, 6.45) is 3.81. The fourth-order valence-electron chi connectivity index (χ4n) is 1.44. The van der Waals surface area contributed by atoms with E-state index in [0.717, 1.165) is 26.2 Å². The summed E-state index contributed by atoms with van der Waals surface area (Å²) < 4.78 is 7.17. The maximum Gasteiger partial charge on any atom is 0.0948 e. The molecule has 0 aliphatic heterocycles. The number of methoxy groups -OCH3 is 1. The summed E-state index contributed by atoms with van der Waals surface area (Å²) in [6, 6.07) is 0. The molecule has 0 aliphatic carbocycles. The summed E-state index contributed by atoms with van der Waals surface area (Å²) in [7, 11) is 1.71. The maximum absolute atomic E-state index is 4.97. The van der Waals surface area contributed by atoms with Crippen molar-refractivity contribution in [2.24, 2.45) is 5.92 Å². The Labute approximate surface area is 91.7 Å². The van der Waals surface area contributed by atoms with Gasteiger partial charge in [-0.1, -0.05) is 13.8 Å². The first-order valence-corrected chi connectivity index (χ1v) is 5.42. The Morgan fingerprint density at radius 2 is 2.33 bits per heavy atom. The molecule has 0 spiro atoms. The molecule has 0 bridgehead atoms. The lowest BCUT2D eigenvalue weighted by molar-refractivity contribution is 0.199. The number of nitrogens with zero attached hydrogens (tertiary/aromatic N) is 2. The average molecular weight is 211 g/mol. The van der Waals surface area contributed by atoms with E-state index in [1.807, 2.05) is 12.5 Å². The van der Waals surface area contributed by atoms with Gasteiger partial charge in [-0.3, -0.25) is 0 Å². The van der Waals surface area contributed by atoms with Gasteiger partial charge in [0.15, 0.2) is 0 Å². The predicted octanol–water partition coefficient (Wildman–Crippen LogP) is 1.28. The van der Waals surface area contributed by atoms with Gasteiger partial charge in [-0.2, -0.15) is 0 Å². The van der Waals surface area contributed by atoms with Gasteiger partial charge in [-0.05, 0) is 5.92 Å². The molecule has 0 saturated heterocycles. The summed E-state index contributed by atoms with van der Waals surface area (Å²) in [4.78, 5) is 4.17. The summed E-state index contributed by atoms with van der Waals surface area (Å²) in [5, 5.41) is 3.32. The second-order valence-corrected chi connectivity index (χ2v) is 4.10. The lowest BCUT2D eigenvalue weighted by Crippen LogP contribution is -2.21. The van der Waals surface area contributed by atoms with Crippen molar-refractivity contribution in [2.45, 2.75) is 26.9 Å². The zero-order chi connectivity index (χ0) is 11.1. The Balaban J connectivity index is 2.36. The molecule has 0 radical (unpaired) electrons. The zero-order valence-electron chi connectivity index (χ0n) is 9.86. The first-order chi connectivity index (χ1) is 7.24. The molecule has 86 valence electrons. The Hall–Kier alpha value is -0.870. The van der Waals surface area contributed by atoms with E-state index < -0.39 is 0 Å². The van der Waals surface area contributed by atoms with Crippen LogP contribution in [0.5, 0.6) is 0 Å². The summed E-state index contributed by atoms with van der Waals surface area (Å²) in [6.45, 7) is 7.93. The smallest absolute Gasteiger partial charge is 0.0948 e. The van der Waals surface area contributed by atoms with Crippen molar-refractivity contribution in [1.29, 1.82) is 0 Å². The van der Waals surface area contributed by atoms with E-state index in [0.29, 0.717) is 5.92 Å². The summed E-state index contributed by atoms with van der Waals surface area (Å²) in [5.74, 6) is 0.650. The van der Waals surface area contributed by atoms with E-state index in [-0.39, 0.29) is 0 Å². The number of rotatable bonds is 7. The van der Waals surface area contributed by atoms with Crippen LogP contribution >= 0.6 is 0 Å². The van der Waals surface area contributed by atoms with Gasteiger partial charge in [-0.15, -0.1) is 0 Å². The van der Waals surface area contributed by atoms with Crippen molar-refractivity contribution in [3.8, 4) is 0 Å². The number of nitrogens with one attached hydrogen (secondary N) is 1. The van der Waals surface area contributed by atoms with Crippen molar-refractivity contribution in [3.05, 3.63) is 18.2 Å². The van der Waals surface area contributed by atoms with Gasteiger partial charge in [-0.25, -0.2) is 4.98 Å². The first kappa shape index (κ1) is 12.2. The fourth-order valence-corrected chi connectivity index (χ4v) is 1.44. The van der Waals surface area contributed by atoms with Crippen LogP contribution in [0.1, 0.15) is 19.5 Å². The van der Waals surface area contributed by atoms with Crippen molar-refractivity contribution in [1.82, 2.24) is 14.9 Å². The number of ether oxygens (including phenoxy) is 1. The Kier molecular flexibility index (Phi) is 5.36. The highest BCUT2D eigenvalue weighted by Crippen LogP contribution is 2.03. The lowest BCUT2D eigenvalue weighted by Gasteiger charge is -2.10. The summed E-state index contributed by atoms with van der Waals surface area (Å²) >= 11 is 0. The van der Waals surface area contributed by atoms with Crippen LogP contribution in [0.2, 0.25) is 0 Å². The molecule has 1 rings (SSSR count). The van der Waals surface area contributed by atoms with Crippen LogP contribution in [-0.4, -0.2) is 29.8 Å². The number of hydrogen-bond donors (Lipinski definition) is 1. The van der Waals surface area contributed by atoms with Crippen LogP contribution in [0, 0.1) is 5.92 Å². The second kappa shape index (κ2) is 6.58. The van der Waals surface area contributed by atoms with Crippen LogP contribution in [0.25, 0.3) is 0 Å².